The van der Waals surface area contributed by atoms with Gasteiger partial charge >= 0.3 is 5.97 Å². The highest BCUT2D eigenvalue weighted by molar-refractivity contribution is 5.82. The lowest BCUT2D eigenvalue weighted by Gasteiger charge is -1.97. The van der Waals surface area contributed by atoms with Crippen molar-refractivity contribution in [3.63, 3.8) is 0 Å². The lowest BCUT2D eigenvalue weighted by molar-refractivity contribution is -0.384. The molecular formula is C14H15NO4. The summed E-state index contributed by atoms with van der Waals surface area (Å²) in [6, 6.07) is 6.18. The molecule has 0 amide bonds. The molecule has 0 atom stereocenters. The topological polar surface area (TPSA) is 69.4 Å². The highest BCUT2D eigenvalue weighted by Crippen LogP contribution is 2.14. The van der Waals surface area contributed by atoms with Crippen LogP contribution in [0.3, 0.4) is 0 Å². The molecule has 1 aromatic carbocycles. The zero-order valence-electron chi connectivity index (χ0n) is 10.8. The number of hydrogen-bond acceptors (Lipinski definition) is 4. The summed E-state index contributed by atoms with van der Waals surface area (Å²) in [6.07, 6.45) is 4.81. The molecule has 5 heteroatoms. The number of allylic oxidation sites excluding steroid dienone is 2. The van der Waals surface area contributed by atoms with Crippen LogP contribution >= 0.6 is 0 Å². The molecule has 0 aliphatic rings. The van der Waals surface area contributed by atoms with Gasteiger partial charge in [0.1, 0.15) is 0 Å². The van der Waals surface area contributed by atoms with Crippen LogP contribution in [0.1, 0.15) is 19.4 Å². The van der Waals surface area contributed by atoms with E-state index in [1.807, 2.05) is 13.0 Å². The number of non-ortho nitro benzene ring substituents is 1. The van der Waals surface area contributed by atoms with Crippen LogP contribution in [0.15, 0.2) is 42.0 Å². The summed E-state index contributed by atoms with van der Waals surface area (Å²) in [7, 11) is 0. The Labute approximate surface area is 111 Å². The normalized spacial score (nSPS) is 11.6. The predicted molar refractivity (Wildman–Crippen MR) is 72.5 cm³/mol. The van der Waals surface area contributed by atoms with Crippen molar-refractivity contribution in [1.29, 1.82) is 0 Å². The highest BCUT2D eigenvalue weighted by Gasteiger charge is 2.02. The zero-order valence-corrected chi connectivity index (χ0v) is 10.8. The van der Waals surface area contributed by atoms with Gasteiger partial charge in [0.05, 0.1) is 11.5 Å². The molecule has 0 fully saturated rings. The number of nitrogens with zero attached hydrogens (tertiary/aromatic N) is 1. The second-order valence-electron chi connectivity index (χ2n) is 3.82. The molecule has 0 radical (unpaired) electrons. The molecule has 1 aromatic rings. The Morgan fingerprint density at radius 3 is 2.47 bits per heavy atom. The summed E-state index contributed by atoms with van der Waals surface area (Å²) in [5.41, 5.74) is 1.73. The molecule has 100 valence electrons. The number of ether oxygens (including phenoxy) is 1. The first kappa shape index (κ1) is 14.6. The van der Waals surface area contributed by atoms with Crippen LogP contribution in [0.2, 0.25) is 0 Å². The molecule has 0 heterocycles. The van der Waals surface area contributed by atoms with E-state index in [1.165, 1.54) is 18.2 Å². The van der Waals surface area contributed by atoms with Crippen LogP contribution in [-0.2, 0) is 9.53 Å². The van der Waals surface area contributed by atoms with Gasteiger partial charge in [-0.1, -0.05) is 17.7 Å². The lowest BCUT2D eigenvalue weighted by atomic mass is 10.1. The first-order valence-electron chi connectivity index (χ1n) is 5.80. The molecule has 0 aromatic heterocycles. The molecule has 1 rings (SSSR count). The number of esters is 1. The number of rotatable bonds is 5. The molecule has 0 saturated heterocycles. The number of nitro groups is 1. The molecule has 0 unspecified atom stereocenters. The van der Waals surface area contributed by atoms with Gasteiger partial charge in [0.2, 0.25) is 0 Å². The lowest BCUT2D eigenvalue weighted by Crippen LogP contribution is -1.98. The van der Waals surface area contributed by atoms with E-state index in [9.17, 15) is 14.9 Å². The minimum absolute atomic E-state index is 0.0527. The van der Waals surface area contributed by atoms with Crippen molar-refractivity contribution >= 4 is 17.7 Å². The maximum Gasteiger partial charge on any atom is 0.330 e. The molecule has 5 nitrogen and oxygen atoms in total. The van der Waals surface area contributed by atoms with Gasteiger partial charge in [-0.2, -0.15) is 0 Å². The molecule has 0 aliphatic heterocycles. The summed E-state index contributed by atoms with van der Waals surface area (Å²) < 4.78 is 4.76. The summed E-state index contributed by atoms with van der Waals surface area (Å²) >= 11 is 0. The minimum Gasteiger partial charge on any atom is -0.463 e. The Bertz CT molecular complexity index is 515. The first-order valence-corrected chi connectivity index (χ1v) is 5.80. The van der Waals surface area contributed by atoms with Gasteiger partial charge in [-0.3, -0.25) is 10.1 Å². The van der Waals surface area contributed by atoms with E-state index in [4.69, 9.17) is 4.74 Å². The summed E-state index contributed by atoms with van der Waals surface area (Å²) in [4.78, 5) is 21.2. The van der Waals surface area contributed by atoms with E-state index in [1.54, 1.807) is 25.1 Å². The summed E-state index contributed by atoms with van der Waals surface area (Å²) in [6.45, 7) is 3.91. The van der Waals surface area contributed by atoms with Crippen LogP contribution in [0.4, 0.5) is 5.69 Å². The summed E-state index contributed by atoms with van der Waals surface area (Å²) in [5.74, 6) is -0.390. The van der Waals surface area contributed by atoms with E-state index >= 15 is 0 Å². The molecule has 0 saturated carbocycles. The Kier molecular flexibility index (Phi) is 5.47. The third kappa shape index (κ3) is 5.16. The quantitative estimate of drug-likeness (QED) is 0.268. The smallest absolute Gasteiger partial charge is 0.330 e. The van der Waals surface area contributed by atoms with Crippen molar-refractivity contribution in [1.82, 2.24) is 0 Å². The number of hydrogen-bond donors (Lipinski definition) is 0. The van der Waals surface area contributed by atoms with Crippen molar-refractivity contribution in [2.45, 2.75) is 13.8 Å². The fourth-order valence-electron chi connectivity index (χ4n) is 1.39. The fourth-order valence-corrected chi connectivity index (χ4v) is 1.39. The molecule has 0 N–H and O–H groups in total. The van der Waals surface area contributed by atoms with Gasteiger partial charge in [0.15, 0.2) is 0 Å². The average molecular weight is 261 g/mol. The fraction of sp³-hybridized carbons (Fsp3) is 0.214. The van der Waals surface area contributed by atoms with Crippen molar-refractivity contribution < 1.29 is 14.5 Å². The standard InChI is InChI=1S/C14H15NO4/c1-3-19-14(16)9-4-11(2)10-12-5-7-13(8-6-12)15(17)18/h4-10H,3H2,1-2H3/b9-4+,11-10+. The SMILES string of the molecule is CCOC(=O)/C=C/C(C)=C/c1ccc([N+](=O)[O-])cc1. The van der Waals surface area contributed by atoms with Crippen LogP contribution in [0.5, 0.6) is 0 Å². The van der Waals surface area contributed by atoms with Gasteiger partial charge < -0.3 is 4.74 Å². The number of benzene rings is 1. The Morgan fingerprint density at radius 2 is 1.95 bits per heavy atom. The summed E-state index contributed by atoms with van der Waals surface area (Å²) in [5, 5.41) is 10.5. The molecule has 19 heavy (non-hydrogen) atoms. The van der Waals surface area contributed by atoms with Gasteiger partial charge in [0.25, 0.3) is 5.69 Å². The van der Waals surface area contributed by atoms with Gasteiger partial charge in [0, 0.05) is 18.2 Å². The molecule has 0 spiro atoms. The van der Waals surface area contributed by atoms with E-state index in [0.717, 1.165) is 11.1 Å². The Hall–Kier alpha value is -2.43. The van der Waals surface area contributed by atoms with Gasteiger partial charge in [-0.25, -0.2) is 4.79 Å². The average Bonchev–Trinajstić information content (AvgIpc) is 2.37. The number of carbonyl (C=O) groups is 1. The maximum absolute atomic E-state index is 11.1. The monoisotopic (exact) mass is 261 g/mol. The van der Waals surface area contributed by atoms with E-state index in [0.29, 0.717) is 6.61 Å². The second-order valence-corrected chi connectivity index (χ2v) is 3.82. The van der Waals surface area contributed by atoms with E-state index in [2.05, 4.69) is 0 Å². The third-order valence-electron chi connectivity index (χ3n) is 2.27. The van der Waals surface area contributed by atoms with Crippen LogP contribution < -0.4 is 0 Å². The Balaban J connectivity index is 2.73. The zero-order chi connectivity index (χ0) is 14.3. The second kappa shape index (κ2) is 7.10. The van der Waals surface area contributed by atoms with Crippen LogP contribution in [0.25, 0.3) is 6.08 Å². The number of nitro benzene ring substituents is 1. The van der Waals surface area contributed by atoms with Crippen molar-refractivity contribution in [2.75, 3.05) is 6.61 Å². The predicted octanol–water partition coefficient (Wildman–Crippen LogP) is 3.12. The Morgan fingerprint density at radius 1 is 1.32 bits per heavy atom. The van der Waals surface area contributed by atoms with Crippen molar-refractivity contribution in [2.24, 2.45) is 0 Å². The molecule has 0 bridgehead atoms. The van der Waals surface area contributed by atoms with Crippen molar-refractivity contribution in [3.8, 4) is 0 Å². The highest BCUT2D eigenvalue weighted by atomic mass is 16.6. The maximum atomic E-state index is 11.1. The van der Waals surface area contributed by atoms with Gasteiger partial charge in [-0.15, -0.1) is 0 Å². The van der Waals surface area contributed by atoms with E-state index < -0.39 is 4.92 Å². The third-order valence-corrected chi connectivity index (χ3v) is 2.27. The first-order chi connectivity index (χ1) is 9.02. The van der Waals surface area contributed by atoms with E-state index in [-0.39, 0.29) is 11.7 Å². The van der Waals surface area contributed by atoms with Crippen LogP contribution in [0, 0.1) is 10.1 Å². The van der Waals surface area contributed by atoms with Crippen molar-refractivity contribution in [3.05, 3.63) is 57.7 Å². The largest absolute Gasteiger partial charge is 0.463 e. The van der Waals surface area contributed by atoms with Gasteiger partial charge in [-0.05, 0) is 31.5 Å². The minimum atomic E-state index is -0.443. The molecule has 0 aliphatic carbocycles. The van der Waals surface area contributed by atoms with Crippen LogP contribution in [-0.4, -0.2) is 17.5 Å². The number of carbonyl (C=O) groups excluding carboxylic acids is 1. The molecular weight excluding hydrogens is 246 g/mol.